The zero-order chi connectivity index (χ0) is 26.2. The Bertz CT molecular complexity index is 840. The maximum Gasteiger partial charge on any atom is 0.404 e. The fourth-order valence-electron chi connectivity index (χ4n) is 3.61. The number of rotatable bonds is 4. The minimum Gasteiger partial charge on any atom is -0.458 e. The number of esters is 1. The van der Waals surface area contributed by atoms with Gasteiger partial charge in [0.05, 0.1) is 12.2 Å². The summed E-state index contributed by atoms with van der Waals surface area (Å²) in [5, 5.41) is 20.4. The first-order chi connectivity index (χ1) is 16.6. The first kappa shape index (κ1) is 30.1. The van der Waals surface area contributed by atoms with E-state index in [1.807, 2.05) is 32.1 Å². The Hall–Kier alpha value is -2.97. The van der Waals surface area contributed by atoms with Crippen molar-refractivity contribution in [2.24, 2.45) is 11.7 Å². The third kappa shape index (κ3) is 13.5. The van der Waals surface area contributed by atoms with Crippen LogP contribution >= 0.6 is 0 Å². The van der Waals surface area contributed by atoms with Gasteiger partial charge in [0, 0.05) is 24.8 Å². The van der Waals surface area contributed by atoms with Crippen LogP contribution in [0.25, 0.3) is 0 Å². The van der Waals surface area contributed by atoms with E-state index in [2.05, 4.69) is 0 Å². The van der Waals surface area contributed by atoms with Gasteiger partial charge in [-0.25, -0.2) is 9.59 Å². The molecule has 5 unspecified atom stereocenters. The number of carbonyl (C=O) groups excluding carboxylic acids is 3. The number of aliphatic hydroxyl groups excluding tert-OH is 2. The zero-order valence-corrected chi connectivity index (χ0v) is 20.8. The Morgan fingerprint density at radius 3 is 2.63 bits per heavy atom. The Balaban J connectivity index is 3.07. The van der Waals surface area contributed by atoms with Crippen LogP contribution in [0.15, 0.2) is 59.8 Å². The van der Waals surface area contributed by atoms with E-state index in [9.17, 15) is 24.6 Å². The van der Waals surface area contributed by atoms with Crippen molar-refractivity contribution >= 4 is 18.3 Å². The molecule has 1 amide bonds. The summed E-state index contributed by atoms with van der Waals surface area (Å²) in [5.74, 6) is -0.623. The molecule has 8 nitrogen and oxygen atoms in total. The minimum absolute atomic E-state index is 0.0518. The van der Waals surface area contributed by atoms with E-state index >= 15 is 0 Å². The van der Waals surface area contributed by atoms with Crippen molar-refractivity contribution in [1.29, 1.82) is 0 Å². The average molecular weight is 490 g/mol. The molecule has 4 N–H and O–H groups in total. The molecule has 0 radical (unpaired) electrons. The summed E-state index contributed by atoms with van der Waals surface area (Å²) in [5.41, 5.74) is 6.71. The second-order valence-corrected chi connectivity index (χ2v) is 8.85. The highest BCUT2D eigenvalue weighted by Crippen LogP contribution is 2.20. The van der Waals surface area contributed by atoms with E-state index in [0.717, 1.165) is 11.9 Å². The first-order valence-electron chi connectivity index (χ1n) is 11.9. The molecule has 1 aliphatic heterocycles. The van der Waals surface area contributed by atoms with Gasteiger partial charge in [-0.3, -0.25) is 4.79 Å². The topological polar surface area (TPSA) is 136 Å². The predicted molar refractivity (Wildman–Crippen MR) is 134 cm³/mol. The number of nitrogens with two attached hydrogens (primary N) is 1. The molecule has 8 heteroatoms. The van der Waals surface area contributed by atoms with Crippen LogP contribution < -0.4 is 5.73 Å². The molecule has 1 aliphatic rings. The molecule has 0 saturated heterocycles. The molecule has 5 atom stereocenters. The third-order valence-corrected chi connectivity index (χ3v) is 5.53. The lowest BCUT2D eigenvalue weighted by molar-refractivity contribution is -0.144. The molecular weight excluding hydrogens is 450 g/mol. The molecule has 35 heavy (non-hydrogen) atoms. The maximum atomic E-state index is 12.4. The molecule has 0 bridgehead atoms. The first-order valence-corrected chi connectivity index (χ1v) is 11.9. The average Bonchev–Trinajstić information content (AvgIpc) is 2.79. The molecule has 1 heterocycles. The van der Waals surface area contributed by atoms with Gasteiger partial charge in [-0.2, -0.15) is 0 Å². The van der Waals surface area contributed by atoms with Crippen LogP contribution in [0.4, 0.5) is 4.79 Å². The number of cyclic esters (lactones) is 1. The van der Waals surface area contributed by atoms with E-state index in [1.54, 1.807) is 25.2 Å². The van der Waals surface area contributed by atoms with E-state index in [-0.39, 0.29) is 12.3 Å². The minimum atomic E-state index is -1.13. The molecule has 0 spiro atoms. The SMILES string of the molecule is C/C(C=O)=C\C(C)C1C/C(C)=C/C=C/CCC(OC(N)=O)CC(O)C(O)/C=C\CC/C=C/C(=O)O1. The molecule has 194 valence electrons. The van der Waals surface area contributed by atoms with Crippen LogP contribution in [-0.2, 0) is 19.1 Å². The second-order valence-electron chi connectivity index (χ2n) is 8.85. The standard InChI is InChI=1S/C27H39NO7/c1-19-11-7-6-8-12-22(34-27(28)33)17-24(31)23(30)13-9-4-5-10-14-26(32)35-25(16-19)21(3)15-20(2)18-29/h6-7,9-11,13-15,18,21-25,30-31H,4-5,8,12,16-17H2,1-3H3,(H2,28,33)/b7-6+,13-9-,14-10+,19-11+,20-15+. The number of primary amides is 1. The van der Waals surface area contributed by atoms with Crippen LogP contribution in [0.5, 0.6) is 0 Å². The number of allylic oxidation sites excluding steroid dienone is 6. The smallest absolute Gasteiger partial charge is 0.404 e. The van der Waals surface area contributed by atoms with Crippen LogP contribution in [0.3, 0.4) is 0 Å². The maximum absolute atomic E-state index is 12.4. The number of amides is 1. The Kier molecular flexibility index (Phi) is 14.3. The Morgan fingerprint density at radius 2 is 1.94 bits per heavy atom. The lowest BCUT2D eigenvalue weighted by atomic mass is 9.96. The van der Waals surface area contributed by atoms with Gasteiger partial charge in [0.15, 0.2) is 0 Å². The van der Waals surface area contributed by atoms with Crippen LogP contribution in [0, 0.1) is 5.92 Å². The van der Waals surface area contributed by atoms with Crippen molar-refractivity contribution in [2.75, 3.05) is 0 Å². The van der Waals surface area contributed by atoms with Crippen molar-refractivity contribution in [3.8, 4) is 0 Å². The van der Waals surface area contributed by atoms with Gasteiger partial charge >= 0.3 is 12.1 Å². The molecule has 0 aromatic heterocycles. The summed E-state index contributed by atoms with van der Waals surface area (Å²) in [6.45, 7) is 5.54. The zero-order valence-electron chi connectivity index (χ0n) is 20.8. The summed E-state index contributed by atoms with van der Waals surface area (Å²) >= 11 is 0. The van der Waals surface area contributed by atoms with Gasteiger partial charge in [0.2, 0.25) is 0 Å². The number of hydrogen-bond donors (Lipinski definition) is 3. The number of carbonyl (C=O) groups is 3. The van der Waals surface area contributed by atoms with Crippen molar-refractivity contribution in [3.63, 3.8) is 0 Å². The van der Waals surface area contributed by atoms with Crippen molar-refractivity contribution in [2.45, 2.75) is 83.7 Å². The number of ether oxygens (including phenoxy) is 2. The van der Waals surface area contributed by atoms with Gasteiger partial charge in [0.25, 0.3) is 0 Å². The van der Waals surface area contributed by atoms with E-state index in [1.165, 1.54) is 12.2 Å². The lowest BCUT2D eigenvalue weighted by Crippen LogP contribution is -2.32. The van der Waals surface area contributed by atoms with Crippen LogP contribution in [0.2, 0.25) is 0 Å². The molecular formula is C27H39NO7. The third-order valence-electron chi connectivity index (χ3n) is 5.53. The fraction of sp³-hybridized carbons (Fsp3) is 0.519. The van der Waals surface area contributed by atoms with Crippen molar-refractivity contribution in [3.05, 3.63) is 59.8 Å². The molecule has 0 aromatic carbocycles. The second kappa shape index (κ2) is 16.6. The molecule has 0 fully saturated rings. The highest BCUT2D eigenvalue weighted by Gasteiger charge is 2.22. The lowest BCUT2D eigenvalue weighted by Gasteiger charge is -2.22. The molecule has 0 aliphatic carbocycles. The van der Waals surface area contributed by atoms with E-state index in [4.69, 9.17) is 15.2 Å². The van der Waals surface area contributed by atoms with Gasteiger partial charge in [-0.15, -0.1) is 0 Å². The van der Waals surface area contributed by atoms with Gasteiger partial charge in [-0.1, -0.05) is 55.0 Å². The van der Waals surface area contributed by atoms with Crippen molar-refractivity contribution in [1.82, 2.24) is 0 Å². The predicted octanol–water partition coefficient (Wildman–Crippen LogP) is 3.83. The Morgan fingerprint density at radius 1 is 1.23 bits per heavy atom. The van der Waals surface area contributed by atoms with Gasteiger partial charge < -0.3 is 25.4 Å². The largest absolute Gasteiger partial charge is 0.458 e. The number of hydrogen-bond acceptors (Lipinski definition) is 7. The monoisotopic (exact) mass is 489 g/mol. The van der Waals surface area contributed by atoms with Gasteiger partial charge in [-0.05, 0) is 45.1 Å². The highest BCUT2D eigenvalue weighted by molar-refractivity contribution is 5.82. The summed E-state index contributed by atoms with van der Waals surface area (Å²) in [6.07, 6.45) is 12.8. The number of aliphatic hydroxyl groups is 2. The Labute approximate surface area is 207 Å². The van der Waals surface area contributed by atoms with E-state index in [0.29, 0.717) is 37.7 Å². The number of aldehydes is 1. The van der Waals surface area contributed by atoms with Gasteiger partial charge in [0.1, 0.15) is 18.5 Å². The summed E-state index contributed by atoms with van der Waals surface area (Å²) in [6, 6.07) is 0. The summed E-state index contributed by atoms with van der Waals surface area (Å²) < 4.78 is 10.8. The quantitative estimate of drug-likeness (QED) is 0.236. The summed E-state index contributed by atoms with van der Waals surface area (Å²) in [4.78, 5) is 34.6. The fourth-order valence-corrected chi connectivity index (χ4v) is 3.61. The highest BCUT2D eigenvalue weighted by atomic mass is 16.6. The van der Waals surface area contributed by atoms with Crippen LogP contribution in [-0.4, -0.2) is 53.0 Å². The summed E-state index contributed by atoms with van der Waals surface area (Å²) in [7, 11) is 0. The van der Waals surface area contributed by atoms with E-state index < -0.39 is 36.5 Å². The van der Waals surface area contributed by atoms with Crippen LogP contribution in [0.1, 0.15) is 59.3 Å². The molecule has 0 aromatic rings. The molecule has 1 rings (SSSR count). The van der Waals surface area contributed by atoms with Crippen molar-refractivity contribution < 1.29 is 34.1 Å². The normalized spacial score (nSPS) is 31.1. The molecule has 0 saturated carbocycles.